The number of hydrogen-bond acceptors (Lipinski definition) is 42. The quantitative estimate of drug-likeness (QED) is 0.0185. The minimum Gasteiger partial charge on any atom is -0.502 e. The Balaban J connectivity index is 0.917. The fraction of sp³-hybridized carbons (Fsp3) is 0.417. The lowest BCUT2D eigenvalue weighted by atomic mass is 9.92. The molecule has 0 aliphatic heterocycles. The lowest BCUT2D eigenvalue weighted by Gasteiger charge is -2.34. The van der Waals surface area contributed by atoms with Gasteiger partial charge < -0.3 is 206 Å². The molecule has 0 saturated heterocycles. The van der Waals surface area contributed by atoms with Crippen LogP contribution in [0.4, 0.5) is 0 Å². The summed E-state index contributed by atoms with van der Waals surface area (Å²) in [5, 5.41) is 204. The highest BCUT2D eigenvalue weighted by atomic mass is 16.6. The zero-order valence-corrected chi connectivity index (χ0v) is 82.7. The smallest absolute Gasteiger partial charge is 0.211 e. The molecule has 9 aromatic rings. The SMILES string of the molecule is COC1=C(O[C@@H](CO)C(O)c2cc(OC)c(O[C@@H](CO)C(O)c3cc(OC)c(O)c(OC)c3)c(OC)c2)C(OC)CC([C@H](O)C(CO)Oc2c(OC)cc(C(O)C(CO)Oc3ccc(C(O)C(CO)Oc4ccc(C(O)C(CO)Oc5c(OC)cc(C(O)C(CO)Oc6ccc(/C=C/CO)cc6OC)cc5OC)cc4OC)cc3OC)cc2Oc2c(OC)cc(C(O)C(CO)Oc3ccc(C)cc3OC)cc2OC)=C1. The molecule has 1 aliphatic carbocycles. The molecule has 9 aromatic carbocycles. The molecule has 10 rings (SSSR count). The normalized spacial score (nSPS) is 15.9. The average molecular weight is 2040 g/mol. The number of phenolic OH excluding ortho intramolecular Hbond substituents is 1. The van der Waals surface area contributed by atoms with E-state index in [2.05, 4.69) is 0 Å². The summed E-state index contributed by atoms with van der Waals surface area (Å²) >= 11 is 0. The molecular formula is C103H128O42. The van der Waals surface area contributed by atoms with Crippen LogP contribution in [0.25, 0.3) is 6.08 Å². The van der Waals surface area contributed by atoms with Crippen molar-refractivity contribution in [1.29, 1.82) is 0 Å². The van der Waals surface area contributed by atoms with Crippen LogP contribution >= 0.6 is 0 Å². The molecule has 0 saturated carbocycles. The Morgan fingerprint density at radius 3 is 0.862 bits per heavy atom. The second-order valence-corrected chi connectivity index (χ2v) is 32.5. The maximum absolute atomic E-state index is 12.6. The molecule has 14 unspecified atom stereocenters. The molecule has 145 heavy (non-hydrogen) atoms. The molecule has 0 fully saturated rings. The third kappa shape index (κ3) is 26.7. The summed E-state index contributed by atoms with van der Waals surface area (Å²) in [7, 11) is 19.5. The number of phenols is 1. The Morgan fingerprint density at radius 2 is 0.538 bits per heavy atom. The zero-order valence-electron chi connectivity index (χ0n) is 82.7. The van der Waals surface area contributed by atoms with E-state index in [9.17, 15) is 91.9 Å². The van der Waals surface area contributed by atoms with Crippen molar-refractivity contribution >= 4 is 6.08 Å². The van der Waals surface area contributed by atoms with Gasteiger partial charge in [0.1, 0.15) is 54.9 Å². The molecule has 0 aromatic heterocycles. The number of benzene rings is 9. The van der Waals surface area contributed by atoms with Gasteiger partial charge in [-0.2, -0.15) is 0 Å². The second-order valence-electron chi connectivity index (χ2n) is 32.5. The van der Waals surface area contributed by atoms with Gasteiger partial charge in [-0.05, 0) is 178 Å². The number of aliphatic hydroxyl groups excluding tert-OH is 17. The van der Waals surface area contributed by atoms with Crippen molar-refractivity contribution in [2.45, 2.75) is 117 Å². The monoisotopic (exact) mass is 2040 g/mol. The zero-order chi connectivity index (χ0) is 106. The summed E-state index contributed by atoms with van der Waals surface area (Å²) < 4.78 is 142. The van der Waals surface area contributed by atoms with Crippen LogP contribution in [0, 0.1) is 6.92 Å². The highest BCUT2D eigenvalue weighted by molar-refractivity contribution is 5.63. The van der Waals surface area contributed by atoms with Crippen LogP contribution in [0.2, 0.25) is 0 Å². The highest BCUT2D eigenvalue weighted by Gasteiger charge is 2.41. The number of hydrogen-bond donors (Lipinski definition) is 18. The molecule has 0 spiro atoms. The third-order valence-electron chi connectivity index (χ3n) is 23.7. The highest BCUT2D eigenvalue weighted by Crippen LogP contribution is 2.53. The summed E-state index contributed by atoms with van der Waals surface area (Å²) in [5.41, 5.74) is 2.05. The predicted octanol–water partition coefficient (Wildman–Crippen LogP) is 6.86. The van der Waals surface area contributed by atoms with Crippen LogP contribution in [0.15, 0.2) is 163 Å². The fourth-order valence-corrected chi connectivity index (χ4v) is 15.8. The average Bonchev–Trinajstić information content (AvgIpc) is 0.770. The van der Waals surface area contributed by atoms with Gasteiger partial charge in [-0.1, -0.05) is 36.4 Å². The Morgan fingerprint density at radius 1 is 0.269 bits per heavy atom. The van der Waals surface area contributed by atoms with E-state index in [-0.39, 0.29) is 196 Å². The molecule has 0 bridgehead atoms. The third-order valence-corrected chi connectivity index (χ3v) is 23.7. The van der Waals surface area contributed by atoms with Crippen molar-refractivity contribution in [3.8, 4) is 132 Å². The van der Waals surface area contributed by atoms with Gasteiger partial charge in [0.2, 0.25) is 28.7 Å². The molecule has 792 valence electrons. The topological polar surface area (TPSA) is 586 Å². The minimum absolute atomic E-state index is 0.0204. The van der Waals surface area contributed by atoms with Crippen LogP contribution in [0.5, 0.6) is 132 Å². The summed E-state index contributed by atoms with van der Waals surface area (Å²) in [5.74, 6) is -1.85. The number of aryl methyl sites for hydroxylation is 1. The Labute approximate surface area is 836 Å². The standard InChI is InChI=1S/C103H128O42/c1-52-19-23-62(66(28-52)122-2)137-83(45-106)92(115)57-34-72(128-8)99(73(35-57)129-9)141-81-43-61(42-80(136-16)103(81)145-89(51-112)97(120)60-40-78(134-14)102(79(41-60)135-15)144-88(50-111)96(119)59-38-76(132-12)101(77(39-59)133-13)143-87(49-110)95(118)56-32-70(126-6)98(121)71(33-56)127-7)94(117)85(47-108)140-65-25-21-54(30-68(65)124-4)90(113)82(44-105)139-64-26-22-55(31-69(64)125-5)91(114)86(48-109)142-100-74(130-10)36-58(37-75(100)131-11)93(116)84(46-107)138-63-24-20-53(18-17-27-104)29-67(63)123-3/h17-26,28-40,42-43,79,82-97,104-121H,27,41,44-51H2,1-16H3/b18-17+/t79?,82?,83?,84?,85?,86?,87-,88-,89?,90?,91?,92?,93?,94?,95?,96?,97-/m0/s1. The van der Waals surface area contributed by atoms with Gasteiger partial charge >= 0.3 is 0 Å². The Hall–Kier alpha value is -13.3. The van der Waals surface area contributed by atoms with Crippen LogP contribution in [-0.2, 0) is 14.2 Å². The summed E-state index contributed by atoms with van der Waals surface area (Å²) in [6.45, 7) is -4.87. The lowest BCUT2D eigenvalue weighted by molar-refractivity contribution is -0.0643. The van der Waals surface area contributed by atoms with E-state index in [0.717, 1.165) is 5.56 Å². The maximum atomic E-state index is 12.6. The number of rotatable bonds is 59. The van der Waals surface area contributed by atoms with Gasteiger partial charge in [-0.25, -0.2) is 0 Å². The van der Waals surface area contributed by atoms with Gasteiger partial charge in [0.25, 0.3) is 0 Å². The molecular weight excluding hydrogens is 1910 g/mol. The first kappa shape index (κ1) is 114. The number of ether oxygens (including phenoxy) is 24. The van der Waals surface area contributed by atoms with Crippen LogP contribution in [0.1, 0.15) is 99.2 Å². The van der Waals surface area contributed by atoms with Gasteiger partial charge in [0.15, 0.2) is 164 Å². The lowest BCUT2D eigenvalue weighted by Crippen LogP contribution is -2.39. The Kier molecular flexibility index (Phi) is 42.3. The number of methoxy groups -OCH3 is 15. The van der Waals surface area contributed by atoms with Crippen LogP contribution in [-0.4, -0.2) is 319 Å². The number of allylic oxidation sites excluding steroid dienone is 1. The first-order chi connectivity index (χ1) is 69.9. The van der Waals surface area contributed by atoms with Crippen molar-refractivity contribution in [3.05, 3.63) is 213 Å². The van der Waals surface area contributed by atoms with E-state index in [1.807, 2.05) is 6.92 Å². The van der Waals surface area contributed by atoms with E-state index in [1.165, 1.54) is 216 Å². The van der Waals surface area contributed by atoms with Crippen molar-refractivity contribution in [3.63, 3.8) is 0 Å². The van der Waals surface area contributed by atoms with Crippen LogP contribution < -0.4 is 99.5 Å². The minimum atomic E-state index is -1.89. The van der Waals surface area contributed by atoms with E-state index >= 15 is 0 Å². The molecule has 1 aliphatic rings. The van der Waals surface area contributed by atoms with Crippen molar-refractivity contribution in [2.75, 3.05) is 166 Å². The number of aromatic hydroxyl groups is 1. The molecule has 18 N–H and O–H groups in total. The van der Waals surface area contributed by atoms with Crippen molar-refractivity contribution in [1.82, 2.24) is 0 Å². The largest absolute Gasteiger partial charge is 0.502 e. The Bertz CT molecular complexity index is 5690. The van der Waals surface area contributed by atoms with Crippen LogP contribution in [0.3, 0.4) is 0 Å². The summed E-state index contributed by atoms with van der Waals surface area (Å²) in [6, 6.07) is 31.5. The van der Waals surface area contributed by atoms with Gasteiger partial charge in [-0.15, -0.1) is 0 Å². The molecule has 0 amide bonds. The molecule has 42 nitrogen and oxygen atoms in total. The second kappa shape index (κ2) is 54.0. The maximum Gasteiger partial charge on any atom is 0.211 e. The number of aliphatic hydroxyl groups is 17. The van der Waals surface area contributed by atoms with E-state index in [1.54, 1.807) is 42.5 Å². The summed E-state index contributed by atoms with van der Waals surface area (Å²) in [4.78, 5) is 0. The van der Waals surface area contributed by atoms with E-state index in [4.69, 9.17) is 114 Å². The van der Waals surface area contributed by atoms with Crippen molar-refractivity contribution < 1.29 is 206 Å². The summed E-state index contributed by atoms with van der Waals surface area (Å²) in [6.07, 6.45) is -22.1. The molecule has 17 atom stereocenters. The predicted molar refractivity (Wildman–Crippen MR) is 516 cm³/mol. The van der Waals surface area contributed by atoms with Gasteiger partial charge in [0.05, 0.1) is 159 Å². The first-order valence-electron chi connectivity index (χ1n) is 45.2. The fourth-order valence-electron chi connectivity index (χ4n) is 15.8. The first-order valence-corrected chi connectivity index (χ1v) is 45.2. The molecule has 0 radical (unpaired) electrons. The van der Waals surface area contributed by atoms with Crippen molar-refractivity contribution in [2.24, 2.45) is 0 Å². The van der Waals surface area contributed by atoms with Gasteiger partial charge in [0, 0.05) is 13.5 Å². The van der Waals surface area contributed by atoms with E-state index < -0.39 is 157 Å². The van der Waals surface area contributed by atoms with Gasteiger partial charge in [-0.3, -0.25) is 0 Å². The molecule has 0 heterocycles. The molecule has 42 heteroatoms. The van der Waals surface area contributed by atoms with E-state index in [0.29, 0.717) is 11.3 Å².